The number of nitrogens with zero attached hydrogens (tertiary/aromatic N) is 1. The number of hydrogen-bond donors (Lipinski definition) is 2. The Bertz CT molecular complexity index is 754. The highest BCUT2D eigenvalue weighted by Crippen LogP contribution is 2.12. The molecule has 1 aromatic heterocycles. The van der Waals surface area contributed by atoms with Gasteiger partial charge in [-0.25, -0.2) is 0 Å². The molecule has 0 saturated carbocycles. The molecule has 0 aliphatic carbocycles. The first kappa shape index (κ1) is 17.3. The first-order valence-electron chi connectivity index (χ1n) is 7.68. The average Bonchev–Trinajstić information content (AvgIpc) is 2.60. The zero-order valence-electron chi connectivity index (χ0n) is 13.6. The van der Waals surface area contributed by atoms with Gasteiger partial charge in [0.1, 0.15) is 5.69 Å². The van der Waals surface area contributed by atoms with E-state index in [1.54, 1.807) is 30.3 Å². The van der Waals surface area contributed by atoms with Gasteiger partial charge >= 0.3 is 0 Å². The van der Waals surface area contributed by atoms with Crippen LogP contribution < -0.4 is 10.6 Å². The molecule has 24 heavy (non-hydrogen) atoms. The molecule has 2 aromatic rings. The molecule has 0 radical (unpaired) electrons. The minimum absolute atomic E-state index is 0.0414. The SMILES string of the molecule is CCCNC(=O)c1ccnc(C(=O)Nc2ccc(C(C)=O)cc2)c1. The van der Waals surface area contributed by atoms with E-state index in [1.165, 1.54) is 19.2 Å². The van der Waals surface area contributed by atoms with E-state index in [-0.39, 0.29) is 17.4 Å². The van der Waals surface area contributed by atoms with Gasteiger partial charge in [0.15, 0.2) is 5.78 Å². The molecule has 2 rings (SSSR count). The lowest BCUT2D eigenvalue weighted by Crippen LogP contribution is -2.24. The van der Waals surface area contributed by atoms with Crippen LogP contribution in [0.2, 0.25) is 0 Å². The molecule has 124 valence electrons. The number of aromatic nitrogens is 1. The van der Waals surface area contributed by atoms with E-state index < -0.39 is 5.91 Å². The third-order valence-corrected chi connectivity index (χ3v) is 3.34. The summed E-state index contributed by atoms with van der Waals surface area (Å²) in [5, 5.41) is 5.44. The maximum Gasteiger partial charge on any atom is 0.274 e. The number of hydrogen-bond acceptors (Lipinski definition) is 4. The maximum absolute atomic E-state index is 12.2. The lowest BCUT2D eigenvalue weighted by Gasteiger charge is -2.07. The average molecular weight is 325 g/mol. The second kappa shape index (κ2) is 8.01. The van der Waals surface area contributed by atoms with Crippen LogP contribution in [0.15, 0.2) is 42.6 Å². The van der Waals surface area contributed by atoms with E-state index in [9.17, 15) is 14.4 Å². The predicted octanol–water partition coefficient (Wildman–Crippen LogP) is 2.68. The summed E-state index contributed by atoms with van der Waals surface area (Å²) in [5.41, 5.74) is 1.65. The number of rotatable bonds is 6. The molecule has 6 nitrogen and oxygen atoms in total. The van der Waals surface area contributed by atoms with Gasteiger partial charge in [-0.3, -0.25) is 19.4 Å². The van der Waals surface area contributed by atoms with Crippen LogP contribution >= 0.6 is 0 Å². The largest absolute Gasteiger partial charge is 0.352 e. The Morgan fingerprint density at radius 3 is 2.33 bits per heavy atom. The number of anilines is 1. The van der Waals surface area contributed by atoms with Crippen molar-refractivity contribution in [3.05, 3.63) is 59.4 Å². The normalized spacial score (nSPS) is 10.1. The fourth-order valence-electron chi connectivity index (χ4n) is 2.02. The molecule has 0 aliphatic rings. The highest BCUT2D eigenvalue weighted by atomic mass is 16.2. The van der Waals surface area contributed by atoms with Crippen LogP contribution in [0, 0.1) is 0 Å². The zero-order chi connectivity index (χ0) is 17.5. The second-order valence-corrected chi connectivity index (χ2v) is 5.27. The summed E-state index contributed by atoms with van der Waals surface area (Å²) in [6, 6.07) is 9.58. The molecule has 6 heteroatoms. The second-order valence-electron chi connectivity index (χ2n) is 5.27. The molecule has 2 N–H and O–H groups in total. The van der Waals surface area contributed by atoms with Gasteiger partial charge in [0.25, 0.3) is 11.8 Å². The molecule has 0 unspecified atom stereocenters. The van der Waals surface area contributed by atoms with Crippen molar-refractivity contribution in [2.75, 3.05) is 11.9 Å². The summed E-state index contributed by atoms with van der Waals surface area (Å²) in [6.45, 7) is 4.01. The van der Waals surface area contributed by atoms with Crippen LogP contribution in [-0.4, -0.2) is 29.1 Å². The fourth-order valence-corrected chi connectivity index (χ4v) is 2.02. The summed E-state index contributed by atoms with van der Waals surface area (Å²) >= 11 is 0. The topological polar surface area (TPSA) is 88.2 Å². The Morgan fingerprint density at radius 2 is 1.71 bits per heavy atom. The Labute approximate surface area is 140 Å². The van der Waals surface area contributed by atoms with Crippen LogP contribution in [0.25, 0.3) is 0 Å². The monoisotopic (exact) mass is 325 g/mol. The molecule has 0 aliphatic heterocycles. The summed E-state index contributed by atoms with van der Waals surface area (Å²) < 4.78 is 0. The third-order valence-electron chi connectivity index (χ3n) is 3.34. The van der Waals surface area contributed by atoms with Crippen molar-refractivity contribution < 1.29 is 14.4 Å². The summed E-state index contributed by atoms with van der Waals surface area (Å²) in [5.74, 6) is -0.699. The Balaban J connectivity index is 2.09. The molecule has 0 atom stereocenters. The smallest absolute Gasteiger partial charge is 0.274 e. The van der Waals surface area contributed by atoms with Crippen molar-refractivity contribution in [2.24, 2.45) is 0 Å². The van der Waals surface area contributed by atoms with Crippen LogP contribution in [0.1, 0.15) is 51.5 Å². The Kier molecular flexibility index (Phi) is 5.78. The molecular formula is C18H19N3O3. The predicted molar refractivity (Wildman–Crippen MR) is 91.3 cm³/mol. The lowest BCUT2D eigenvalue weighted by atomic mass is 10.1. The standard InChI is InChI=1S/C18H19N3O3/c1-3-9-20-17(23)14-8-10-19-16(11-14)18(24)21-15-6-4-13(5-7-15)12(2)22/h4-8,10-11H,3,9H2,1-2H3,(H,20,23)(H,21,24). The van der Waals surface area contributed by atoms with Gasteiger partial charge in [-0.05, 0) is 49.7 Å². The van der Waals surface area contributed by atoms with Crippen LogP contribution in [0.3, 0.4) is 0 Å². The number of Topliss-reactive ketones (excluding diaryl/α,β-unsaturated/α-hetero) is 1. The number of carbonyl (C=O) groups excluding carboxylic acids is 3. The van der Waals surface area contributed by atoms with E-state index in [1.807, 2.05) is 6.92 Å². The van der Waals surface area contributed by atoms with Crippen LogP contribution in [0.4, 0.5) is 5.69 Å². The van der Waals surface area contributed by atoms with Crippen molar-refractivity contribution in [3.63, 3.8) is 0 Å². The fraction of sp³-hybridized carbons (Fsp3) is 0.222. The minimum atomic E-state index is -0.421. The van der Waals surface area contributed by atoms with Crippen molar-refractivity contribution in [2.45, 2.75) is 20.3 Å². The van der Waals surface area contributed by atoms with Crippen molar-refractivity contribution >= 4 is 23.3 Å². The van der Waals surface area contributed by atoms with E-state index in [4.69, 9.17) is 0 Å². The lowest BCUT2D eigenvalue weighted by molar-refractivity contribution is 0.0952. The number of ketones is 1. The molecule has 2 amide bonds. The van der Waals surface area contributed by atoms with E-state index in [0.717, 1.165) is 6.42 Å². The van der Waals surface area contributed by atoms with Gasteiger partial charge < -0.3 is 10.6 Å². The van der Waals surface area contributed by atoms with E-state index >= 15 is 0 Å². The first-order chi connectivity index (χ1) is 11.5. The number of carbonyl (C=O) groups is 3. The van der Waals surface area contributed by atoms with Crippen molar-refractivity contribution in [1.82, 2.24) is 10.3 Å². The van der Waals surface area contributed by atoms with Crippen molar-refractivity contribution in [1.29, 1.82) is 0 Å². The number of benzene rings is 1. The van der Waals surface area contributed by atoms with Gasteiger partial charge in [-0.15, -0.1) is 0 Å². The summed E-state index contributed by atoms with van der Waals surface area (Å²) in [4.78, 5) is 39.4. The van der Waals surface area contributed by atoms with Gasteiger partial charge in [0.2, 0.25) is 0 Å². The van der Waals surface area contributed by atoms with Gasteiger partial charge in [-0.1, -0.05) is 6.92 Å². The molecule has 0 spiro atoms. The maximum atomic E-state index is 12.2. The number of nitrogens with one attached hydrogen (secondary N) is 2. The summed E-state index contributed by atoms with van der Waals surface area (Å²) in [6.07, 6.45) is 2.26. The Hall–Kier alpha value is -3.02. The molecule has 0 saturated heterocycles. The molecule has 1 aromatic carbocycles. The molecular weight excluding hydrogens is 306 g/mol. The number of pyridine rings is 1. The molecule has 0 fully saturated rings. The van der Waals surface area contributed by atoms with Crippen LogP contribution in [0.5, 0.6) is 0 Å². The quantitative estimate of drug-likeness (QED) is 0.799. The van der Waals surface area contributed by atoms with E-state index in [0.29, 0.717) is 23.4 Å². The van der Waals surface area contributed by atoms with Crippen LogP contribution in [-0.2, 0) is 0 Å². The zero-order valence-corrected chi connectivity index (χ0v) is 13.6. The molecule has 0 bridgehead atoms. The minimum Gasteiger partial charge on any atom is -0.352 e. The number of amides is 2. The van der Waals surface area contributed by atoms with Gasteiger partial charge in [-0.2, -0.15) is 0 Å². The summed E-state index contributed by atoms with van der Waals surface area (Å²) in [7, 11) is 0. The van der Waals surface area contributed by atoms with Crippen molar-refractivity contribution in [3.8, 4) is 0 Å². The first-order valence-corrected chi connectivity index (χ1v) is 7.68. The Morgan fingerprint density at radius 1 is 1.00 bits per heavy atom. The molecule has 1 heterocycles. The van der Waals surface area contributed by atoms with E-state index in [2.05, 4.69) is 15.6 Å². The van der Waals surface area contributed by atoms with Gasteiger partial charge in [0, 0.05) is 29.6 Å². The van der Waals surface area contributed by atoms with Gasteiger partial charge in [0.05, 0.1) is 0 Å². The highest BCUT2D eigenvalue weighted by molar-refractivity contribution is 6.05. The third kappa shape index (κ3) is 4.49. The highest BCUT2D eigenvalue weighted by Gasteiger charge is 2.12.